The number of carbonyl (C=O) groups excluding carboxylic acids is 2. The number of aromatic nitrogens is 1. The summed E-state index contributed by atoms with van der Waals surface area (Å²) in [5.41, 5.74) is 2.47. The van der Waals surface area contributed by atoms with Crippen LogP contribution < -0.4 is 4.90 Å². The summed E-state index contributed by atoms with van der Waals surface area (Å²) in [5, 5.41) is 0. The van der Waals surface area contributed by atoms with Crippen molar-refractivity contribution in [3.8, 4) is 0 Å². The van der Waals surface area contributed by atoms with Crippen LogP contribution in [0.5, 0.6) is 0 Å². The minimum atomic E-state index is 0.00338. The number of hydrogen-bond acceptors (Lipinski definition) is 4. The zero-order valence-electron chi connectivity index (χ0n) is 15.2. The van der Waals surface area contributed by atoms with E-state index in [1.54, 1.807) is 11.1 Å². The van der Waals surface area contributed by atoms with Crippen LogP contribution in [0, 0.1) is 5.92 Å². The molecular formula is C21H23N3O3. The molecule has 2 fully saturated rings. The van der Waals surface area contributed by atoms with Crippen molar-refractivity contribution in [1.29, 1.82) is 0 Å². The molecule has 2 aromatic rings. The Hall–Kier alpha value is -2.73. The number of hydrogen-bond donors (Lipinski definition) is 0. The van der Waals surface area contributed by atoms with E-state index in [9.17, 15) is 9.59 Å². The first kappa shape index (κ1) is 17.7. The molecule has 0 saturated carbocycles. The van der Waals surface area contributed by atoms with Gasteiger partial charge in [-0.15, -0.1) is 0 Å². The zero-order chi connectivity index (χ0) is 18.6. The van der Waals surface area contributed by atoms with E-state index in [-0.39, 0.29) is 17.7 Å². The van der Waals surface area contributed by atoms with Gasteiger partial charge in [-0.05, 0) is 36.6 Å². The number of benzene rings is 1. The summed E-state index contributed by atoms with van der Waals surface area (Å²) in [4.78, 5) is 32.9. The molecule has 6 heteroatoms. The molecule has 2 amide bonds. The van der Waals surface area contributed by atoms with Gasteiger partial charge in [0.1, 0.15) is 0 Å². The van der Waals surface area contributed by atoms with Gasteiger partial charge in [-0.1, -0.05) is 18.2 Å². The molecule has 1 aromatic carbocycles. The van der Waals surface area contributed by atoms with Crippen LogP contribution in [0.2, 0.25) is 0 Å². The Morgan fingerprint density at radius 3 is 2.59 bits per heavy atom. The van der Waals surface area contributed by atoms with Crippen molar-refractivity contribution in [2.75, 3.05) is 37.7 Å². The van der Waals surface area contributed by atoms with Crippen LogP contribution in [0.3, 0.4) is 0 Å². The van der Waals surface area contributed by atoms with E-state index in [1.165, 1.54) is 0 Å². The lowest BCUT2D eigenvalue weighted by Gasteiger charge is -2.26. The second-order valence-corrected chi connectivity index (χ2v) is 7.06. The van der Waals surface area contributed by atoms with Gasteiger partial charge in [0.15, 0.2) is 0 Å². The average Bonchev–Trinajstić information content (AvgIpc) is 3.09. The lowest BCUT2D eigenvalue weighted by Crippen LogP contribution is -2.40. The summed E-state index contributed by atoms with van der Waals surface area (Å²) < 4.78 is 5.29. The van der Waals surface area contributed by atoms with E-state index in [4.69, 9.17) is 4.74 Å². The largest absolute Gasteiger partial charge is 0.378 e. The van der Waals surface area contributed by atoms with Gasteiger partial charge in [-0.3, -0.25) is 14.6 Å². The van der Waals surface area contributed by atoms with E-state index < -0.39 is 0 Å². The highest BCUT2D eigenvalue weighted by Gasteiger charge is 2.30. The Morgan fingerprint density at radius 2 is 1.89 bits per heavy atom. The van der Waals surface area contributed by atoms with Gasteiger partial charge in [0.2, 0.25) is 5.91 Å². The Kier molecular flexibility index (Phi) is 5.16. The van der Waals surface area contributed by atoms with Gasteiger partial charge in [0.05, 0.1) is 18.8 Å². The molecule has 0 bridgehead atoms. The first-order valence-corrected chi connectivity index (χ1v) is 9.38. The highest BCUT2D eigenvalue weighted by molar-refractivity contribution is 5.95. The topological polar surface area (TPSA) is 62.7 Å². The normalized spacial score (nSPS) is 20.1. The number of amides is 2. The molecule has 0 spiro atoms. The Morgan fingerprint density at radius 1 is 1.11 bits per heavy atom. The number of rotatable bonds is 4. The molecule has 4 rings (SSSR count). The summed E-state index contributed by atoms with van der Waals surface area (Å²) in [6.45, 7) is 3.13. The van der Waals surface area contributed by atoms with Crippen LogP contribution in [-0.2, 0) is 16.0 Å². The van der Waals surface area contributed by atoms with Crippen LogP contribution in [-0.4, -0.2) is 54.5 Å². The fraction of sp³-hybridized carbons (Fsp3) is 0.381. The minimum Gasteiger partial charge on any atom is -0.378 e. The quantitative estimate of drug-likeness (QED) is 0.833. The molecule has 1 atom stereocenters. The Balaban J connectivity index is 1.37. The van der Waals surface area contributed by atoms with Gasteiger partial charge >= 0.3 is 0 Å². The Bertz CT molecular complexity index is 801. The van der Waals surface area contributed by atoms with E-state index in [2.05, 4.69) is 4.98 Å². The number of anilines is 1. The van der Waals surface area contributed by atoms with Crippen molar-refractivity contribution in [2.45, 2.75) is 12.8 Å². The molecule has 6 nitrogen and oxygen atoms in total. The molecule has 140 valence electrons. The zero-order valence-corrected chi connectivity index (χ0v) is 15.2. The lowest BCUT2D eigenvalue weighted by atomic mass is 10.0. The lowest BCUT2D eigenvalue weighted by molar-refractivity contribution is -0.117. The van der Waals surface area contributed by atoms with Crippen LogP contribution in [0.25, 0.3) is 0 Å². The van der Waals surface area contributed by atoms with Crippen LogP contribution in [0.4, 0.5) is 5.69 Å². The number of pyridine rings is 1. The number of morpholine rings is 1. The number of carbonyl (C=O) groups is 2. The third-order valence-electron chi connectivity index (χ3n) is 5.14. The molecular weight excluding hydrogens is 342 g/mol. The smallest absolute Gasteiger partial charge is 0.255 e. The molecule has 3 heterocycles. The maximum Gasteiger partial charge on any atom is 0.255 e. The molecule has 1 unspecified atom stereocenters. The van der Waals surface area contributed by atoms with Gasteiger partial charge in [-0.25, -0.2) is 0 Å². The van der Waals surface area contributed by atoms with Crippen molar-refractivity contribution >= 4 is 17.5 Å². The second kappa shape index (κ2) is 7.88. The third kappa shape index (κ3) is 4.01. The van der Waals surface area contributed by atoms with Crippen molar-refractivity contribution in [1.82, 2.24) is 9.88 Å². The SMILES string of the molecule is O=C(c1ccc(CC2CC(=O)N(c3ccccc3)C2)nc1)N1CCOCC1. The summed E-state index contributed by atoms with van der Waals surface area (Å²) >= 11 is 0. The predicted molar refractivity (Wildman–Crippen MR) is 102 cm³/mol. The van der Waals surface area contributed by atoms with Gasteiger partial charge in [0.25, 0.3) is 5.91 Å². The fourth-order valence-corrected chi connectivity index (χ4v) is 3.69. The van der Waals surface area contributed by atoms with E-state index >= 15 is 0 Å². The van der Waals surface area contributed by atoms with E-state index in [1.807, 2.05) is 47.4 Å². The van der Waals surface area contributed by atoms with E-state index in [0.29, 0.717) is 44.8 Å². The highest BCUT2D eigenvalue weighted by Crippen LogP contribution is 2.26. The minimum absolute atomic E-state index is 0.00338. The first-order valence-electron chi connectivity index (χ1n) is 9.38. The van der Waals surface area contributed by atoms with Gasteiger partial charge < -0.3 is 14.5 Å². The number of para-hydroxylation sites is 1. The predicted octanol–water partition coefficient (Wildman–Crippen LogP) is 2.15. The van der Waals surface area contributed by atoms with Crippen molar-refractivity contribution in [3.63, 3.8) is 0 Å². The number of nitrogens with zero attached hydrogens (tertiary/aromatic N) is 3. The molecule has 2 saturated heterocycles. The van der Waals surface area contributed by atoms with Gasteiger partial charge in [-0.2, -0.15) is 0 Å². The molecule has 0 aliphatic carbocycles. The maximum atomic E-state index is 12.5. The molecule has 0 radical (unpaired) electrons. The third-order valence-corrected chi connectivity index (χ3v) is 5.14. The molecule has 1 aromatic heterocycles. The van der Waals surface area contributed by atoms with Crippen LogP contribution in [0.15, 0.2) is 48.7 Å². The molecule has 27 heavy (non-hydrogen) atoms. The summed E-state index contributed by atoms with van der Waals surface area (Å²) in [5.74, 6) is 0.403. The van der Waals surface area contributed by atoms with Crippen LogP contribution >= 0.6 is 0 Å². The molecule has 2 aliphatic heterocycles. The fourth-order valence-electron chi connectivity index (χ4n) is 3.69. The van der Waals surface area contributed by atoms with Crippen molar-refractivity contribution in [2.24, 2.45) is 5.92 Å². The standard InChI is InChI=1S/C21H23N3O3/c25-20-13-16(15-24(20)19-4-2-1-3-5-19)12-18-7-6-17(14-22-18)21(26)23-8-10-27-11-9-23/h1-7,14,16H,8-13,15H2. The van der Waals surface area contributed by atoms with E-state index in [0.717, 1.165) is 17.8 Å². The second-order valence-electron chi connectivity index (χ2n) is 7.06. The maximum absolute atomic E-state index is 12.5. The summed E-state index contributed by atoms with van der Waals surface area (Å²) in [6.07, 6.45) is 2.92. The van der Waals surface area contributed by atoms with Gasteiger partial charge in [0, 0.05) is 43.6 Å². The first-order chi connectivity index (χ1) is 13.2. The monoisotopic (exact) mass is 365 g/mol. The van der Waals surface area contributed by atoms with Crippen molar-refractivity contribution in [3.05, 3.63) is 59.9 Å². The van der Waals surface area contributed by atoms with Crippen LogP contribution in [0.1, 0.15) is 22.5 Å². The molecule has 2 aliphatic rings. The number of ether oxygens (including phenoxy) is 1. The summed E-state index contributed by atoms with van der Waals surface area (Å²) in [6, 6.07) is 13.5. The highest BCUT2D eigenvalue weighted by atomic mass is 16.5. The average molecular weight is 365 g/mol. The molecule has 0 N–H and O–H groups in total. The Labute approximate surface area is 158 Å². The van der Waals surface area contributed by atoms with Crippen molar-refractivity contribution < 1.29 is 14.3 Å². The summed E-state index contributed by atoms with van der Waals surface area (Å²) in [7, 11) is 0.